The van der Waals surface area contributed by atoms with Crippen molar-refractivity contribution in [2.24, 2.45) is 5.92 Å². The predicted molar refractivity (Wildman–Crippen MR) is 76.8 cm³/mol. The minimum atomic E-state index is -0.452. The molecule has 0 nitrogen and oxygen atoms in total. The molecule has 0 amide bonds. The number of thioether (sulfide) groups is 1. The normalized spacial score (nSPS) is 24.2. The molecular weight excluding hydrogens is 318 g/mol. The third kappa shape index (κ3) is 3.47. The second-order valence-corrected chi connectivity index (χ2v) is 7.17. The molecule has 2 atom stereocenters. The molecule has 1 aliphatic rings. The highest BCUT2D eigenvalue weighted by molar-refractivity contribution is 9.10. The maximum Gasteiger partial charge on any atom is 0.144 e. The minimum Gasteiger partial charge on any atom is -0.207 e. The van der Waals surface area contributed by atoms with Gasteiger partial charge in [-0.15, -0.1) is 0 Å². The summed E-state index contributed by atoms with van der Waals surface area (Å²) in [5, 5.41) is 0.548. The van der Waals surface area contributed by atoms with E-state index in [1.165, 1.54) is 37.8 Å². The lowest BCUT2D eigenvalue weighted by Crippen LogP contribution is -2.15. The van der Waals surface area contributed by atoms with E-state index in [1.807, 2.05) is 0 Å². The lowest BCUT2D eigenvalue weighted by molar-refractivity contribution is 0.394. The number of hydrogen-bond donors (Lipinski definition) is 0. The van der Waals surface area contributed by atoms with Crippen molar-refractivity contribution in [1.29, 1.82) is 0 Å². The molecular formula is C14H17BrF2S. The van der Waals surface area contributed by atoms with E-state index in [0.717, 1.165) is 5.92 Å². The minimum absolute atomic E-state index is 0.201. The molecule has 1 aromatic carbocycles. The van der Waals surface area contributed by atoms with Crippen LogP contribution in [0.25, 0.3) is 0 Å². The zero-order chi connectivity index (χ0) is 13.1. The summed E-state index contributed by atoms with van der Waals surface area (Å²) in [5.74, 6) is 0.279. The van der Waals surface area contributed by atoms with Gasteiger partial charge in [0.25, 0.3) is 0 Å². The quantitative estimate of drug-likeness (QED) is 0.654. The Morgan fingerprint density at radius 3 is 2.83 bits per heavy atom. The van der Waals surface area contributed by atoms with Crippen molar-refractivity contribution in [3.8, 4) is 0 Å². The second kappa shape index (κ2) is 6.38. The van der Waals surface area contributed by atoms with E-state index in [4.69, 9.17) is 0 Å². The number of hydrogen-bond acceptors (Lipinski definition) is 1. The molecule has 0 aliphatic heterocycles. The van der Waals surface area contributed by atoms with Crippen LogP contribution in [0.5, 0.6) is 0 Å². The zero-order valence-electron chi connectivity index (χ0n) is 10.4. The first-order valence-corrected chi connectivity index (χ1v) is 8.16. The van der Waals surface area contributed by atoms with Gasteiger partial charge in [0.05, 0.1) is 4.47 Å². The fourth-order valence-electron chi connectivity index (χ4n) is 2.43. The average Bonchev–Trinajstić information content (AvgIpc) is 2.34. The van der Waals surface area contributed by atoms with E-state index < -0.39 is 11.6 Å². The molecule has 4 heteroatoms. The van der Waals surface area contributed by atoms with Crippen LogP contribution in [0.4, 0.5) is 8.78 Å². The van der Waals surface area contributed by atoms with Crippen LogP contribution in [0, 0.1) is 17.6 Å². The molecule has 0 spiro atoms. The molecule has 0 saturated heterocycles. The van der Waals surface area contributed by atoms with Crippen LogP contribution >= 0.6 is 27.7 Å². The van der Waals surface area contributed by atoms with Gasteiger partial charge < -0.3 is 0 Å². The van der Waals surface area contributed by atoms with Crippen molar-refractivity contribution in [3.05, 3.63) is 33.8 Å². The van der Waals surface area contributed by atoms with Crippen LogP contribution in [0.3, 0.4) is 0 Å². The fraction of sp³-hybridized carbons (Fsp3) is 0.571. The van der Waals surface area contributed by atoms with E-state index in [-0.39, 0.29) is 5.56 Å². The summed E-state index contributed by atoms with van der Waals surface area (Å²) in [6.45, 7) is 2.26. The lowest BCUT2D eigenvalue weighted by Gasteiger charge is -2.26. The van der Waals surface area contributed by atoms with Crippen molar-refractivity contribution >= 4 is 27.7 Å². The fourth-order valence-corrected chi connectivity index (χ4v) is 4.27. The highest BCUT2D eigenvalue weighted by atomic mass is 79.9. The standard InChI is InChI=1S/C14H17BrF2S/c1-9-3-2-4-10(7-9)18-8-11-13(16)6-5-12(15)14(11)17/h5-6,9-10H,2-4,7-8H2,1H3. The highest BCUT2D eigenvalue weighted by Crippen LogP contribution is 2.35. The number of benzene rings is 1. The van der Waals surface area contributed by atoms with E-state index in [9.17, 15) is 8.78 Å². The Kier molecular flexibility index (Phi) is 5.07. The van der Waals surface area contributed by atoms with Crippen molar-refractivity contribution in [2.75, 3.05) is 0 Å². The van der Waals surface area contributed by atoms with Crippen molar-refractivity contribution < 1.29 is 8.78 Å². The molecule has 1 aliphatic carbocycles. The highest BCUT2D eigenvalue weighted by Gasteiger charge is 2.21. The molecule has 1 fully saturated rings. The van der Waals surface area contributed by atoms with E-state index in [1.54, 1.807) is 11.8 Å². The molecule has 18 heavy (non-hydrogen) atoms. The number of rotatable bonds is 3. The Morgan fingerprint density at radius 1 is 1.33 bits per heavy atom. The largest absolute Gasteiger partial charge is 0.207 e. The second-order valence-electron chi connectivity index (χ2n) is 5.03. The Labute approximate surface area is 120 Å². The maximum absolute atomic E-state index is 13.8. The molecule has 2 unspecified atom stereocenters. The van der Waals surface area contributed by atoms with Crippen LogP contribution in [0.15, 0.2) is 16.6 Å². The Balaban J connectivity index is 1.99. The first-order chi connectivity index (χ1) is 8.58. The first kappa shape index (κ1) is 14.3. The summed E-state index contributed by atoms with van der Waals surface area (Å²) in [6.07, 6.45) is 4.87. The van der Waals surface area contributed by atoms with Gasteiger partial charge in [-0.25, -0.2) is 8.78 Å². The van der Waals surface area contributed by atoms with Gasteiger partial charge in [-0.05, 0) is 46.8 Å². The van der Waals surface area contributed by atoms with E-state index in [0.29, 0.717) is 15.5 Å². The van der Waals surface area contributed by atoms with Crippen molar-refractivity contribution in [1.82, 2.24) is 0 Å². The van der Waals surface area contributed by atoms with Crippen LogP contribution in [0.1, 0.15) is 38.2 Å². The maximum atomic E-state index is 13.8. The van der Waals surface area contributed by atoms with Gasteiger partial charge in [-0.3, -0.25) is 0 Å². The number of halogens is 3. The lowest BCUT2D eigenvalue weighted by atomic mass is 9.91. The molecule has 1 saturated carbocycles. The SMILES string of the molecule is CC1CCCC(SCc2c(F)ccc(Br)c2F)C1. The van der Waals surface area contributed by atoms with E-state index >= 15 is 0 Å². The van der Waals surface area contributed by atoms with E-state index in [2.05, 4.69) is 22.9 Å². The monoisotopic (exact) mass is 334 g/mol. The van der Waals surface area contributed by atoms with Crippen molar-refractivity contribution in [3.63, 3.8) is 0 Å². The molecule has 0 aromatic heterocycles. The van der Waals surface area contributed by atoms with Gasteiger partial charge in [0.1, 0.15) is 11.6 Å². The van der Waals surface area contributed by atoms with Gasteiger partial charge in [-0.1, -0.05) is 19.8 Å². The van der Waals surface area contributed by atoms with Gasteiger partial charge in [-0.2, -0.15) is 11.8 Å². The Hall–Kier alpha value is -0.0900. The Morgan fingerprint density at radius 2 is 2.11 bits per heavy atom. The molecule has 0 radical (unpaired) electrons. The molecule has 0 bridgehead atoms. The van der Waals surface area contributed by atoms with Gasteiger partial charge in [0.2, 0.25) is 0 Å². The average molecular weight is 335 g/mol. The third-order valence-electron chi connectivity index (χ3n) is 3.49. The predicted octanol–water partition coefficient (Wildman–Crippen LogP) is 5.54. The zero-order valence-corrected chi connectivity index (χ0v) is 12.8. The molecule has 1 aromatic rings. The van der Waals surface area contributed by atoms with Crippen LogP contribution in [0.2, 0.25) is 0 Å². The summed E-state index contributed by atoms with van der Waals surface area (Å²) in [5.41, 5.74) is 0.201. The van der Waals surface area contributed by atoms with Gasteiger partial charge in [0.15, 0.2) is 0 Å². The molecule has 0 N–H and O–H groups in total. The molecule has 2 rings (SSSR count). The molecule has 0 heterocycles. The summed E-state index contributed by atoms with van der Waals surface area (Å²) in [7, 11) is 0. The van der Waals surface area contributed by atoms with Crippen LogP contribution in [-0.4, -0.2) is 5.25 Å². The Bertz CT molecular complexity index is 423. The first-order valence-electron chi connectivity index (χ1n) is 6.32. The van der Waals surface area contributed by atoms with Crippen LogP contribution in [-0.2, 0) is 5.75 Å². The summed E-state index contributed by atoms with van der Waals surface area (Å²) in [4.78, 5) is 0. The third-order valence-corrected chi connectivity index (χ3v) is 5.46. The van der Waals surface area contributed by atoms with Gasteiger partial charge in [0, 0.05) is 16.6 Å². The van der Waals surface area contributed by atoms with Crippen LogP contribution < -0.4 is 0 Å². The summed E-state index contributed by atoms with van der Waals surface area (Å²) in [6, 6.07) is 2.74. The summed E-state index contributed by atoms with van der Waals surface area (Å²) >= 11 is 4.80. The summed E-state index contributed by atoms with van der Waals surface area (Å²) < 4.78 is 27.7. The topological polar surface area (TPSA) is 0 Å². The molecule has 100 valence electrons. The van der Waals surface area contributed by atoms with Crippen molar-refractivity contribution in [2.45, 2.75) is 43.6 Å². The van der Waals surface area contributed by atoms with Gasteiger partial charge >= 0.3 is 0 Å². The smallest absolute Gasteiger partial charge is 0.144 e.